The van der Waals surface area contributed by atoms with E-state index in [1.165, 1.54) is 30.5 Å². The molecule has 2 rings (SSSR count). The average molecular weight is 278 g/mol. The predicted molar refractivity (Wildman–Crippen MR) is 70.3 cm³/mol. The van der Waals surface area contributed by atoms with E-state index >= 15 is 0 Å². The Labute approximate surface area is 113 Å². The summed E-state index contributed by atoms with van der Waals surface area (Å²) in [6.07, 6.45) is 1.50. The highest BCUT2D eigenvalue weighted by molar-refractivity contribution is 6.32. The van der Waals surface area contributed by atoms with Crippen molar-refractivity contribution in [1.82, 2.24) is 4.98 Å². The molecule has 0 saturated heterocycles. The molecule has 0 aliphatic carbocycles. The highest BCUT2D eigenvalue weighted by Gasteiger charge is 2.11. The number of pyridine rings is 1. The number of nitrogens with one attached hydrogen (secondary N) is 1. The summed E-state index contributed by atoms with van der Waals surface area (Å²) >= 11 is 5.81. The van der Waals surface area contributed by atoms with Gasteiger partial charge in [-0.2, -0.15) is 0 Å². The van der Waals surface area contributed by atoms with Crippen LogP contribution in [-0.2, 0) is 0 Å². The van der Waals surface area contributed by atoms with E-state index in [0.717, 1.165) is 0 Å². The summed E-state index contributed by atoms with van der Waals surface area (Å²) in [5.41, 5.74) is 0.606. The highest BCUT2D eigenvalue weighted by Crippen LogP contribution is 2.19. The molecule has 1 aromatic carbocycles. The normalized spacial score (nSPS) is 9.95. The van der Waals surface area contributed by atoms with Crippen molar-refractivity contribution in [3.05, 3.63) is 63.4 Å². The zero-order valence-corrected chi connectivity index (χ0v) is 10.3. The van der Waals surface area contributed by atoms with Crippen molar-refractivity contribution in [2.45, 2.75) is 0 Å². The van der Waals surface area contributed by atoms with Crippen LogP contribution in [0.3, 0.4) is 0 Å². The maximum absolute atomic E-state index is 11.9. The van der Waals surface area contributed by atoms with Gasteiger partial charge in [-0.15, -0.1) is 0 Å². The third-order valence-electron chi connectivity index (χ3n) is 2.35. The smallest absolute Gasteiger partial charge is 0.269 e. The summed E-state index contributed by atoms with van der Waals surface area (Å²) in [7, 11) is 0. The first-order chi connectivity index (χ1) is 9.08. The van der Waals surface area contributed by atoms with Crippen LogP contribution in [0, 0.1) is 10.1 Å². The molecule has 7 heteroatoms. The van der Waals surface area contributed by atoms with Gasteiger partial charge < -0.3 is 5.32 Å². The zero-order valence-electron chi connectivity index (χ0n) is 9.54. The molecule has 0 spiro atoms. The van der Waals surface area contributed by atoms with E-state index in [4.69, 9.17) is 11.6 Å². The number of carbonyl (C=O) groups excluding carboxylic acids is 1. The Hall–Kier alpha value is -2.47. The number of anilines is 1. The topological polar surface area (TPSA) is 85.1 Å². The van der Waals surface area contributed by atoms with Crippen molar-refractivity contribution in [2.24, 2.45) is 0 Å². The Bertz CT molecular complexity index is 628. The molecule has 0 aliphatic rings. The lowest BCUT2D eigenvalue weighted by Crippen LogP contribution is -2.12. The minimum atomic E-state index is -0.528. The second-order valence-corrected chi connectivity index (χ2v) is 3.96. The van der Waals surface area contributed by atoms with Gasteiger partial charge in [0.05, 0.1) is 10.6 Å². The molecule has 0 unspecified atom stereocenters. The third kappa shape index (κ3) is 3.05. The van der Waals surface area contributed by atoms with Crippen LogP contribution in [0.5, 0.6) is 0 Å². The summed E-state index contributed by atoms with van der Waals surface area (Å²) in [5, 5.41) is 13.2. The van der Waals surface area contributed by atoms with Gasteiger partial charge in [-0.3, -0.25) is 14.9 Å². The van der Waals surface area contributed by atoms with Crippen molar-refractivity contribution in [2.75, 3.05) is 5.32 Å². The van der Waals surface area contributed by atoms with E-state index in [2.05, 4.69) is 10.3 Å². The van der Waals surface area contributed by atoms with Crippen LogP contribution in [0.15, 0.2) is 42.6 Å². The number of amides is 1. The molecule has 0 bridgehead atoms. The monoisotopic (exact) mass is 277 g/mol. The van der Waals surface area contributed by atoms with Crippen LogP contribution < -0.4 is 5.32 Å². The lowest BCUT2D eigenvalue weighted by Gasteiger charge is -2.05. The summed E-state index contributed by atoms with van der Waals surface area (Å²) < 4.78 is 0. The van der Waals surface area contributed by atoms with Gasteiger partial charge in [-0.05, 0) is 24.3 Å². The first kappa shape index (κ1) is 13.0. The third-order valence-corrected chi connectivity index (χ3v) is 2.65. The van der Waals surface area contributed by atoms with Gasteiger partial charge in [-0.25, -0.2) is 4.98 Å². The lowest BCUT2D eigenvalue weighted by molar-refractivity contribution is -0.384. The van der Waals surface area contributed by atoms with Crippen LogP contribution in [0.25, 0.3) is 0 Å². The second-order valence-electron chi connectivity index (χ2n) is 3.60. The highest BCUT2D eigenvalue weighted by atomic mass is 35.5. The van der Waals surface area contributed by atoms with Gasteiger partial charge in [0.1, 0.15) is 0 Å². The van der Waals surface area contributed by atoms with E-state index < -0.39 is 10.8 Å². The Kier molecular flexibility index (Phi) is 3.72. The van der Waals surface area contributed by atoms with Crippen molar-refractivity contribution >= 4 is 28.9 Å². The number of aromatic nitrogens is 1. The summed E-state index contributed by atoms with van der Waals surface area (Å²) in [6.45, 7) is 0. The maximum Gasteiger partial charge on any atom is 0.269 e. The van der Waals surface area contributed by atoms with Gasteiger partial charge in [-0.1, -0.05) is 11.6 Å². The van der Waals surface area contributed by atoms with Gasteiger partial charge >= 0.3 is 0 Å². The first-order valence-corrected chi connectivity index (χ1v) is 5.62. The standard InChI is InChI=1S/C12H8ClN3O3/c13-11-10(2-1-7-14-11)15-12(17)8-3-5-9(6-4-8)16(18)19/h1-7H,(H,15,17). The van der Waals surface area contributed by atoms with E-state index in [-0.39, 0.29) is 10.8 Å². The van der Waals surface area contributed by atoms with Gasteiger partial charge in [0.2, 0.25) is 0 Å². The molecule has 0 fully saturated rings. The molecule has 0 aliphatic heterocycles. The first-order valence-electron chi connectivity index (χ1n) is 5.24. The molecule has 1 amide bonds. The summed E-state index contributed by atoms with van der Waals surface area (Å²) in [4.78, 5) is 25.7. The number of hydrogen-bond donors (Lipinski definition) is 1. The van der Waals surface area contributed by atoms with Crippen LogP contribution in [0.4, 0.5) is 11.4 Å². The van der Waals surface area contributed by atoms with Crippen LogP contribution >= 0.6 is 11.6 Å². The number of hydrogen-bond acceptors (Lipinski definition) is 4. The van der Waals surface area contributed by atoms with Crippen LogP contribution in [0.2, 0.25) is 5.15 Å². The van der Waals surface area contributed by atoms with Crippen molar-refractivity contribution in [1.29, 1.82) is 0 Å². The molecular weight excluding hydrogens is 270 g/mol. The molecule has 0 saturated carbocycles. The fourth-order valence-corrected chi connectivity index (χ4v) is 1.57. The van der Waals surface area contributed by atoms with E-state index in [1.807, 2.05) is 0 Å². The number of carbonyl (C=O) groups is 1. The molecular formula is C12H8ClN3O3. The fraction of sp³-hybridized carbons (Fsp3) is 0. The number of rotatable bonds is 3. The van der Waals surface area contributed by atoms with Gasteiger partial charge in [0, 0.05) is 23.9 Å². The zero-order chi connectivity index (χ0) is 13.8. The van der Waals surface area contributed by atoms with Crippen molar-refractivity contribution < 1.29 is 9.72 Å². The SMILES string of the molecule is O=C(Nc1cccnc1Cl)c1ccc([N+](=O)[O-])cc1. The van der Waals surface area contributed by atoms with Crippen LogP contribution in [0.1, 0.15) is 10.4 Å². The lowest BCUT2D eigenvalue weighted by atomic mass is 10.2. The molecule has 0 atom stereocenters. The molecule has 0 radical (unpaired) electrons. The Balaban J connectivity index is 2.16. The predicted octanol–water partition coefficient (Wildman–Crippen LogP) is 2.90. The number of non-ortho nitro benzene ring substituents is 1. The number of nitrogens with zero attached hydrogens (tertiary/aromatic N) is 2. The number of nitro groups is 1. The molecule has 1 N–H and O–H groups in total. The van der Waals surface area contributed by atoms with E-state index in [0.29, 0.717) is 11.3 Å². The van der Waals surface area contributed by atoms with Gasteiger partial charge in [0.25, 0.3) is 11.6 Å². The molecule has 96 valence electrons. The maximum atomic E-state index is 11.9. The molecule has 1 aromatic heterocycles. The number of nitro benzene ring substituents is 1. The Morgan fingerprint density at radius 3 is 2.53 bits per heavy atom. The minimum Gasteiger partial charge on any atom is -0.319 e. The number of halogens is 1. The van der Waals surface area contributed by atoms with Crippen molar-refractivity contribution in [3.8, 4) is 0 Å². The minimum absolute atomic E-state index is 0.0732. The molecule has 6 nitrogen and oxygen atoms in total. The van der Waals surface area contributed by atoms with Gasteiger partial charge in [0.15, 0.2) is 5.15 Å². The van der Waals surface area contributed by atoms with Crippen molar-refractivity contribution in [3.63, 3.8) is 0 Å². The van der Waals surface area contributed by atoms with E-state index in [9.17, 15) is 14.9 Å². The Morgan fingerprint density at radius 1 is 1.26 bits per heavy atom. The Morgan fingerprint density at radius 2 is 1.95 bits per heavy atom. The van der Waals surface area contributed by atoms with E-state index in [1.54, 1.807) is 12.1 Å². The molecule has 2 aromatic rings. The quantitative estimate of drug-likeness (QED) is 0.531. The molecule has 19 heavy (non-hydrogen) atoms. The second kappa shape index (κ2) is 5.45. The fourth-order valence-electron chi connectivity index (χ4n) is 1.41. The summed E-state index contributed by atoms with van der Waals surface area (Å²) in [5.74, 6) is -0.412. The average Bonchev–Trinajstić information content (AvgIpc) is 2.41. The van der Waals surface area contributed by atoms with Crippen LogP contribution in [-0.4, -0.2) is 15.8 Å². The number of benzene rings is 1. The largest absolute Gasteiger partial charge is 0.319 e. The molecule has 1 heterocycles. The summed E-state index contributed by atoms with van der Waals surface area (Å²) in [6, 6.07) is 8.52.